The molecular formula is C21H25ClN2O2. The molecule has 2 N–H and O–H groups in total. The van der Waals surface area contributed by atoms with Crippen molar-refractivity contribution < 1.29 is 9.53 Å². The second-order valence-corrected chi connectivity index (χ2v) is 7.32. The summed E-state index contributed by atoms with van der Waals surface area (Å²) in [6.07, 6.45) is 2.33. The van der Waals surface area contributed by atoms with E-state index in [1.54, 1.807) is 0 Å². The molecule has 0 radical (unpaired) electrons. The first-order valence-electron chi connectivity index (χ1n) is 9.07. The zero-order valence-corrected chi connectivity index (χ0v) is 15.8. The fourth-order valence-corrected chi connectivity index (χ4v) is 3.48. The number of benzene rings is 2. The monoisotopic (exact) mass is 372 g/mol. The molecular weight excluding hydrogens is 348 g/mol. The Hall–Kier alpha value is -2.04. The molecule has 138 valence electrons. The van der Waals surface area contributed by atoms with Crippen LogP contribution in [-0.4, -0.2) is 24.5 Å². The van der Waals surface area contributed by atoms with Gasteiger partial charge in [0.15, 0.2) is 0 Å². The molecule has 0 bridgehead atoms. The predicted octanol–water partition coefficient (Wildman–Crippen LogP) is 3.72. The Morgan fingerprint density at radius 3 is 2.85 bits per heavy atom. The Bertz CT molecular complexity index is 750. The number of hydrogen-bond donors (Lipinski definition) is 2. The van der Waals surface area contributed by atoms with E-state index in [4.69, 9.17) is 16.3 Å². The predicted molar refractivity (Wildman–Crippen MR) is 105 cm³/mol. The third kappa shape index (κ3) is 5.75. The summed E-state index contributed by atoms with van der Waals surface area (Å²) in [7, 11) is 0. The lowest BCUT2D eigenvalue weighted by Gasteiger charge is -2.28. The van der Waals surface area contributed by atoms with Gasteiger partial charge in [-0.3, -0.25) is 4.79 Å². The van der Waals surface area contributed by atoms with E-state index < -0.39 is 0 Å². The first-order valence-corrected chi connectivity index (χ1v) is 9.45. The number of rotatable bonds is 6. The van der Waals surface area contributed by atoms with Gasteiger partial charge in [-0.1, -0.05) is 35.9 Å². The number of nitrogens with one attached hydrogen (secondary N) is 2. The van der Waals surface area contributed by atoms with E-state index >= 15 is 0 Å². The van der Waals surface area contributed by atoms with Gasteiger partial charge in [0.1, 0.15) is 12.4 Å². The smallest absolute Gasteiger partial charge is 0.224 e. The number of halogens is 1. The quantitative estimate of drug-likeness (QED) is 0.812. The van der Waals surface area contributed by atoms with Crippen molar-refractivity contribution in [3.05, 3.63) is 64.7 Å². The van der Waals surface area contributed by atoms with Crippen LogP contribution in [0, 0.1) is 0 Å². The molecule has 1 amide bonds. The lowest BCUT2D eigenvalue weighted by Crippen LogP contribution is -2.46. The zero-order valence-electron chi connectivity index (χ0n) is 15.0. The minimum Gasteiger partial charge on any atom is -0.489 e. The van der Waals surface area contributed by atoms with Crippen LogP contribution in [0.2, 0.25) is 5.02 Å². The van der Waals surface area contributed by atoms with Crippen LogP contribution in [0.25, 0.3) is 0 Å². The Morgan fingerprint density at radius 1 is 1.23 bits per heavy atom. The summed E-state index contributed by atoms with van der Waals surface area (Å²) >= 11 is 5.99. The number of ether oxygens (including phenoxy) is 1. The second kappa shape index (κ2) is 9.06. The van der Waals surface area contributed by atoms with Gasteiger partial charge in [0, 0.05) is 17.1 Å². The van der Waals surface area contributed by atoms with Crippen molar-refractivity contribution in [2.24, 2.45) is 0 Å². The van der Waals surface area contributed by atoms with Crippen molar-refractivity contribution >= 4 is 17.5 Å². The van der Waals surface area contributed by atoms with Gasteiger partial charge in [-0.05, 0) is 61.7 Å². The highest BCUT2D eigenvalue weighted by Gasteiger charge is 2.19. The molecule has 1 aliphatic rings. The third-order valence-corrected chi connectivity index (χ3v) is 4.78. The summed E-state index contributed by atoms with van der Waals surface area (Å²) in [5.74, 6) is 0.821. The van der Waals surface area contributed by atoms with Crippen LogP contribution in [0.15, 0.2) is 48.5 Å². The van der Waals surface area contributed by atoms with Crippen LogP contribution < -0.4 is 15.4 Å². The molecule has 3 rings (SSSR count). The third-order valence-electron chi connectivity index (χ3n) is 4.55. The van der Waals surface area contributed by atoms with E-state index in [9.17, 15) is 4.79 Å². The van der Waals surface area contributed by atoms with Crippen molar-refractivity contribution in [2.75, 3.05) is 6.54 Å². The van der Waals surface area contributed by atoms with Crippen molar-refractivity contribution in [1.29, 1.82) is 0 Å². The van der Waals surface area contributed by atoms with Gasteiger partial charge < -0.3 is 15.4 Å². The molecule has 0 spiro atoms. The number of amides is 1. The Morgan fingerprint density at radius 2 is 2.04 bits per heavy atom. The summed E-state index contributed by atoms with van der Waals surface area (Å²) < 4.78 is 5.83. The molecule has 4 nitrogen and oxygen atoms in total. The fourth-order valence-electron chi connectivity index (χ4n) is 3.27. The van der Waals surface area contributed by atoms with Gasteiger partial charge in [0.05, 0.1) is 6.42 Å². The van der Waals surface area contributed by atoms with Crippen LogP contribution in [0.1, 0.15) is 30.9 Å². The van der Waals surface area contributed by atoms with E-state index in [1.807, 2.05) is 48.5 Å². The van der Waals surface area contributed by atoms with Crippen molar-refractivity contribution in [3.63, 3.8) is 0 Å². The minimum atomic E-state index is 0.0658. The maximum absolute atomic E-state index is 12.3. The molecule has 0 saturated carbocycles. The summed E-state index contributed by atoms with van der Waals surface area (Å²) in [6.45, 7) is 3.56. The molecule has 1 fully saturated rings. The summed E-state index contributed by atoms with van der Waals surface area (Å²) in [6, 6.07) is 16.0. The maximum atomic E-state index is 12.3. The number of carbonyl (C=O) groups excluding carboxylic acids is 1. The van der Waals surface area contributed by atoms with E-state index in [-0.39, 0.29) is 11.9 Å². The Kier molecular flexibility index (Phi) is 6.53. The molecule has 0 aromatic heterocycles. The highest BCUT2D eigenvalue weighted by atomic mass is 35.5. The van der Waals surface area contributed by atoms with E-state index in [1.165, 1.54) is 0 Å². The molecule has 26 heavy (non-hydrogen) atoms. The lowest BCUT2D eigenvalue weighted by molar-refractivity contribution is -0.121. The number of carbonyl (C=O) groups is 1. The first-order chi connectivity index (χ1) is 12.6. The van der Waals surface area contributed by atoms with Gasteiger partial charge >= 0.3 is 0 Å². The minimum absolute atomic E-state index is 0.0658. The Balaban J connectivity index is 1.52. The molecule has 5 heteroatoms. The van der Waals surface area contributed by atoms with Gasteiger partial charge in [-0.15, -0.1) is 0 Å². The topological polar surface area (TPSA) is 50.4 Å². The molecule has 2 unspecified atom stereocenters. The van der Waals surface area contributed by atoms with Crippen LogP contribution in [-0.2, 0) is 17.8 Å². The second-order valence-electron chi connectivity index (χ2n) is 6.89. The molecule has 1 heterocycles. The van der Waals surface area contributed by atoms with E-state index in [2.05, 4.69) is 17.6 Å². The highest BCUT2D eigenvalue weighted by Crippen LogP contribution is 2.17. The summed E-state index contributed by atoms with van der Waals surface area (Å²) in [5.41, 5.74) is 1.97. The zero-order chi connectivity index (χ0) is 18.4. The summed E-state index contributed by atoms with van der Waals surface area (Å²) in [4.78, 5) is 12.3. The first kappa shape index (κ1) is 18.7. The number of piperidine rings is 1. The average molecular weight is 373 g/mol. The molecule has 1 saturated heterocycles. The van der Waals surface area contributed by atoms with Gasteiger partial charge in [-0.2, -0.15) is 0 Å². The highest BCUT2D eigenvalue weighted by molar-refractivity contribution is 6.30. The van der Waals surface area contributed by atoms with Crippen LogP contribution >= 0.6 is 11.6 Å². The van der Waals surface area contributed by atoms with Gasteiger partial charge in [0.2, 0.25) is 5.91 Å². The van der Waals surface area contributed by atoms with Crippen LogP contribution in [0.3, 0.4) is 0 Å². The molecule has 2 aromatic carbocycles. The molecule has 2 aromatic rings. The maximum Gasteiger partial charge on any atom is 0.224 e. The standard InChI is InChI=1S/C21H25ClN2O2/c1-15-10-19(8-9-23-15)24-21(25)13-16-4-3-7-20(12-16)26-14-17-5-2-6-18(22)11-17/h2-7,11-12,15,19,23H,8-10,13-14H2,1H3,(H,24,25). The van der Waals surface area contributed by atoms with Crippen molar-refractivity contribution in [3.8, 4) is 5.75 Å². The van der Waals surface area contributed by atoms with Gasteiger partial charge in [0.25, 0.3) is 0 Å². The van der Waals surface area contributed by atoms with E-state index in [0.29, 0.717) is 24.1 Å². The average Bonchev–Trinajstić information content (AvgIpc) is 2.60. The van der Waals surface area contributed by atoms with Crippen LogP contribution in [0.4, 0.5) is 0 Å². The number of hydrogen-bond acceptors (Lipinski definition) is 3. The van der Waals surface area contributed by atoms with Gasteiger partial charge in [-0.25, -0.2) is 0 Å². The normalized spacial score (nSPS) is 19.8. The lowest BCUT2D eigenvalue weighted by atomic mass is 10.0. The SMILES string of the molecule is CC1CC(NC(=O)Cc2cccc(OCc3cccc(Cl)c3)c2)CCN1. The molecule has 2 atom stereocenters. The summed E-state index contributed by atoms with van der Waals surface area (Å²) in [5, 5.41) is 7.24. The fraction of sp³-hybridized carbons (Fsp3) is 0.381. The van der Waals surface area contributed by atoms with Crippen LogP contribution in [0.5, 0.6) is 5.75 Å². The Labute approximate surface area is 159 Å². The van der Waals surface area contributed by atoms with Crippen molar-refractivity contribution in [2.45, 2.75) is 44.9 Å². The van der Waals surface area contributed by atoms with E-state index in [0.717, 1.165) is 36.3 Å². The van der Waals surface area contributed by atoms with Crippen molar-refractivity contribution in [1.82, 2.24) is 10.6 Å². The molecule has 0 aliphatic carbocycles. The largest absolute Gasteiger partial charge is 0.489 e. The molecule has 1 aliphatic heterocycles.